The summed E-state index contributed by atoms with van der Waals surface area (Å²) in [4.78, 5) is 4.27. The van der Waals surface area contributed by atoms with E-state index in [4.69, 9.17) is 9.15 Å². The van der Waals surface area contributed by atoms with Crippen LogP contribution in [0.5, 0.6) is 0 Å². The van der Waals surface area contributed by atoms with Crippen LogP contribution in [-0.2, 0) is 11.3 Å². The summed E-state index contributed by atoms with van der Waals surface area (Å²) in [5.74, 6) is 0.806. The summed E-state index contributed by atoms with van der Waals surface area (Å²) in [6, 6.07) is 6.09. The van der Waals surface area contributed by atoms with Crippen LogP contribution in [0.2, 0.25) is 0 Å². The Hall–Kier alpha value is -1.17. The first kappa shape index (κ1) is 14.2. The van der Waals surface area contributed by atoms with Crippen molar-refractivity contribution in [3.63, 3.8) is 0 Å². The summed E-state index contributed by atoms with van der Waals surface area (Å²) in [5, 5.41) is 3.27. The Bertz CT molecular complexity index is 540. The predicted molar refractivity (Wildman–Crippen MR) is 78.0 cm³/mol. The third kappa shape index (κ3) is 3.43. The molecule has 5 heteroatoms. The van der Waals surface area contributed by atoms with E-state index in [-0.39, 0.29) is 0 Å². The molecule has 0 atom stereocenters. The van der Waals surface area contributed by atoms with E-state index in [2.05, 4.69) is 39.2 Å². The maximum atomic E-state index is 5.53. The van der Waals surface area contributed by atoms with Gasteiger partial charge in [0.2, 0.25) is 0 Å². The van der Waals surface area contributed by atoms with Crippen LogP contribution < -0.4 is 5.32 Å². The molecule has 1 N–H and O–H groups in total. The molecule has 1 aromatic heterocycles. The van der Waals surface area contributed by atoms with Crippen LogP contribution in [0.25, 0.3) is 11.3 Å². The molecule has 4 nitrogen and oxygen atoms in total. The first-order chi connectivity index (χ1) is 9.24. The van der Waals surface area contributed by atoms with E-state index in [1.165, 1.54) is 12.0 Å². The fourth-order valence-corrected chi connectivity index (χ4v) is 2.26. The van der Waals surface area contributed by atoms with Crippen LogP contribution in [0.4, 0.5) is 0 Å². The molecule has 0 aliphatic carbocycles. The van der Waals surface area contributed by atoms with Gasteiger partial charge in [-0.05, 0) is 28.4 Å². The summed E-state index contributed by atoms with van der Waals surface area (Å²) in [5.41, 5.74) is 3.11. The predicted octanol–water partition coefficient (Wildman–Crippen LogP) is 3.15. The van der Waals surface area contributed by atoms with Crippen LogP contribution in [0, 0.1) is 6.92 Å². The monoisotopic (exact) mass is 324 g/mol. The van der Waals surface area contributed by atoms with Crippen molar-refractivity contribution in [1.82, 2.24) is 10.3 Å². The summed E-state index contributed by atoms with van der Waals surface area (Å²) >= 11 is 3.60. The molecule has 2 aromatic rings. The van der Waals surface area contributed by atoms with Crippen LogP contribution in [-0.4, -0.2) is 25.2 Å². The van der Waals surface area contributed by atoms with Crippen molar-refractivity contribution in [3.8, 4) is 11.3 Å². The number of oxazole rings is 1. The van der Waals surface area contributed by atoms with E-state index in [0.29, 0.717) is 13.2 Å². The number of aromatic nitrogens is 1. The van der Waals surface area contributed by atoms with E-state index in [1.54, 1.807) is 7.11 Å². The number of aryl methyl sites for hydroxylation is 1. The van der Waals surface area contributed by atoms with Gasteiger partial charge in [0.15, 0.2) is 12.2 Å². The molecule has 0 amide bonds. The molecule has 0 unspecified atom stereocenters. The minimum absolute atomic E-state index is 0.662. The van der Waals surface area contributed by atoms with E-state index < -0.39 is 0 Å². The average molecular weight is 325 g/mol. The second-order valence-corrected chi connectivity index (χ2v) is 5.03. The third-order valence-electron chi connectivity index (χ3n) is 2.85. The van der Waals surface area contributed by atoms with E-state index >= 15 is 0 Å². The Morgan fingerprint density at radius 2 is 2.26 bits per heavy atom. The first-order valence-corrected chi connectivity index (χ1v) is 6.91. The number of nitrogens with one attached hydrogen (secondary N) is 1. The molecule has 2 rings (SSSR count). The molecular formula is C14H17BrN2O2. The fourth-order valence-electron chi connectivity index (χ4n) is 1.82. The van der Waals surface area contributed by atoms with Crippen molar-refractivity contribution in [1.29, 1.82) is 0 Å². The van der Waals surface area contributed by atoms with Gasteiger partial charge in [-0.15, -0.1) is 0 Å². The van der Waals surface area contributed by atoms with E-state index in [9.17, 15) is 0 Å². The van der Waals surface area contributed by atoms with Crippen molar-refractivity contribution in [3.05, 3.63) is 40.3 Å². The van der Waals surface area contributed by atoms with Gasteiger partial charge in [0.05, 0.1) is 6.61 Å². The van der Waals surface area contributed by atoms with Gasteiger partial charge in [0.1, 0.15) is 5.69 Å². The van der Waals surface area contributed by atoms with Crippen molar-refractivity contribution >= 4 is 15.9 Å². The zero-order chi connectivity index (χ0) is 13.7. The highest BCUT2D eigenvalue weighted by Gasteiger charge is 2.14. The highest BCUT2D eigenvalue weighted by Crippen LogP contribution is 2.32. The number of rotatable bonds is 6. The Morgan fingerprint density at radius 1 is 1.42 bits per heavy atom. The van der Waals surface area contributed by atoms with Crippen LogP contribution >= 0.6 is 15.9 Å². The van der Waals surface area contributed by atoms with E-state index in [1.807, 2.05) is 12.1 Å². The lowest BCUT2D eigenvalue weighted by molar-refractivity contribution is 0.199. The largest absolute Gasteiger partial charge is 0.443 e. The number of halogens is 1. The van der Waals surface area contributed by atoms with Gasteiger partial charge < -0.3 is 14.5 Å². The molecule has 0 saturated carbocycles. The number of ether oxygens (including phenoxy) is 1. The minimum atomic E-state index is 0.662. The maximum absolute atomic E-state index is 5.53. The quantitative estimate of drug-likeness (QED) is 0.829. The summed E-state index contributed by atoms with van der Waals surface area (Å²) < 4.78 is 11.6. The zero-order valence-corrected chi connectivity index (χ0v) is 12.7. The Morgan fingerprint density at radius 3 is 3.05 bits per heavy atom. The molecule has 0 aliphatic rings. The molecule has 1 heterocycles. The molecule has 1 aromatic carbocycles. The third-order valence-corrected chi connectivity index (χ3v) is 3.91. The fraction of sp³-hybridized carbons (Fsp3) is 0.357. The van der Waals surface area contributed by atoms with Crippen molar-refractivity contribution in [2.45, 2.75) is 13.5 Å². The van der Waals surface area contributed by atoms with E-state index in [0.717, 1.165) is 28.0 Å². The standard InChI is InChI=1S/C14H17BrN2O2/c1-10-4-3-5-11(13(10)15)14-12(17-9-19-14)8-16-6-7-18-2/h3-5,9,16H,6-8H2,1-2H3. The molecular weight excluding hydrogens is 308 g/mol. The average Bonchev–Trinajstić information content (AvgIpc) is 2.86. The molecule has 0 aliphatic heterocycles. The number of hydrogen-bond donors (Lipinski definition) is 1. The molecule has 0 bridgehead atoms. The molecule has 0 fully saturated rings. The lowest BCUT2D eigenvalue weighted by atomic mass is 10.1. The van der Waals surface area contributed by atoms with Crippen LogP contribution in [0.3, 0.4) is 0 Å². The zero-order valence-electron chi connectivity index (χ0n) is 11.1. The Labute approximate surface area is 121 Å². The molecule has 19 heavy (non-hydrogen) atoms. The van der Waals surface area contributed by atoms with Gasteiger partial charge in [-0.2, -0.15) is 0 Å². The smallest absolute Gasteiger partial charge is 0.181 e. The molecule has 0 spiro atoms. The highest BCUT2D eigenvalue weighted by atomic mass is 79.9. The van der Waals surface area contributed by atoms with Gasteiger partial charge in [-0.1, -0.05) is 18.2 Å². The first-order valence-electron chi connectivity index (χ1n) is 6.11. The second kappa shape index (κ2) is 6.84. The summed E-state index contributed by atoms with van der Waals surface area (Å²) in [6.45, 7) is 4.19. The number of methoxy groups -OCH3 is 1. The molecule has 102 valence electrons. The lowest BCUT2D eigenvalue weighted by Crippen LogP contribution is -2.19. The summed E-state index contributed by atoms with van der Waals surface area (Å²) in [7, 11) is 1.69. The van der Waals surface area contributed by atoms with Gasteiger partial charge in [-0.25, -0.2) is 4.98 Å². The summed E-state index contributed by atoms with van der Waals surface area (Å²) in [6.07, 6.45) is 1.48. The second-order valence-electron chi connectivity index (χ2n) is 4.23. The van der Waals surface area contributed by atoms with Gasteiger partial charge in [0, 0.05) is 30.2 Å². The number of benzene rings is 1. The van der Waals surface area contributed by atoms with Gasteiger partial charge in [0.25, 0.3) is 0 Å². The van der Waals surface area contributed by atoms with Gasteiger partial charge in [-0.3, -0.25) is 0 Å². The Balaban J connectivity index is 2.17. The van der Waals surface area contributed by atoms with Crippen molar-refractivity contribution in [2.75, 3.05) is 20.3 Å². The molecule has 0 saturated heterocycles. The SMILES string of the molecule is COCCNCc1ncoc1-c1cccc(C)c1Br. The highest BCUT2D eigenvalue weighted by molar-refractivity contribution is 9.10. The lowest BCUT2D eigenvalue weighted by Gasteiger charge is -2.07. The van der Waals surface area contributed by atoms with Crippen LogP contribution in [0.15, 0.2) is 33.5 Å². The topological polar surface area (TPSA) is 47.3 Å². The molecule has 0 radical (unpaired) electrons. The normalized spacial score (nSPS) is 10.9. The van der Waals surface area contributed by atoms with Crippen molar-refractivity contribution in [2.24, 2.45) is 0 Å². The van der Waals surface area contributed by atoms with Gasteiger partial charge >= 0.3 is 0 Å². The maximum Gasteiger partial charge on any atom is 0.181 e. The minimum Gasteiger partial charge on any atom is -0.443 e. The number of nitrogens with zero attached hydrogens (tertiary/aromatic N) is 1. The van der Waals surface area contributed by atoms with Crippen molar-refractivity contribution < 1.29 is 9.15 Å². The van der Waals surface area contributed by atoms with Crippen LogP contribution in [0.1, 0.15) is 11.3 Å². The Kier molecular flexibility index (Phi) is 5.13. The number of hydrogen-bond acceptors (Lipinski definition) is 4.